The van der Waals surface area contributed by atoms with Crippen molar-refractivity contribution < 1.29 is 4.79 Å². The van der Waals surface area contributed by atoms with E-state index in [1.807, 2.05) is 66.7 Å². The van der Waals surface area contributed by atoms with Crippen LogP contribution in [0, 0.1) is 0 Å². The van der Waals surface area contributed by atoms with Crippen molar-refractivity contribution in [2.24, 2.45) is 0 Å². The zero-order chi connectivity index (χ0) is 14.2. The molecule has 0 unspecified atom stereocenters. The zero-order valence-corrected chi connectivity index (χ0v) is 12.1. The molecule has 0 fully saturated rings. The molecule has 4 rings (SSSR count). The van der Waals surface area contributed by atoms with Crippen molar-refractivity contribution in [2.45, 2.75) is 4.90 Å². The lowest BCUT2D eigenvalue weighted by molar-refractivity contribution is 0.104. The Balaban J connectivity index is 1.86. The highest BCUT2D eigenvalue weighted by Gasteiger charge is 2.27. The predicted molar refractivity (Wildman–Crippen MR) is 88.6 cm³/mol. The summed E-state index contributed by atoms with van der Waals surface area (Å²) in [5.74, 6) is 0.135. The van der Waals surface area contributed by atoms with E-state index in [-0.39, 0.29) is 5.78 Å². The van der Waals surface area contributed by atoms with Crippen LogP contribution in [0.5, 0.6) is 0 Å². The second kappa shape index (κ2) is 4.90. The van der Waals surface area contributed by atoms with Crippen LogP contribution in [-0.4, -0.2) is 5.78 Å². The number of Topliss-reactive ketones (excluding diaryl/α,β-unsaturated/α-hetero) is 1. The molecular formula is C19H12OS. The number of thioether (sulfide) groups is 1. The first kappa shape index (κ1) is 12.4. The molecule has 1 nitrogen and oxygen atoms in total. The van der Waals surface area contributed by atoms with Gasteiger partial charge in [0, 0.05) is 10.5 Å². The average molecular weight is 288 g/mol. The molecule has 3 aromatic rings. The second-order valence-corrected chi connectivity index (χ2v) is 6.09. The third-order valence-corrected chi connectivity index (χ3v) is 4.74. The van der Waals surface area contributed by atoms with Crippen molar-refractivity contribution >= 4 is 34.4 Å². The highest BCUT2D eigenvalue weighted by molar-refractivity contribution is 8.04. The van der Waals surface area contributed by atoms with Crippen LogP contribution >= 0.6 is 11.8 Å². The monoisotopic (exact) mass is 288 g/mol. The van der Waals surface area contributed by atoms with E-state index in [1.165, 1.54) is 0 Å². The van der Waals surface area contributed by atoms with Crippen LogP contribution in [0.2, 0.25) is 0 Å². The SMILES string of the molecule is O=C1/C(=C/c2ccccc2)Sc2ccc3ccccc3c21. The Labute approximate surface area is 127 Å². The Hall–Kier alpha value is -2.32. The van der Waals surface area contributed by atoms with E-state index >= 15 is 0 Å². The van der Waals surface area contributed by atoms with Crippen molar-refractivity contribution in [3.05, 3.63) is 82.8 Å². The number of fused-ring (bicyclic) bond motifs is 3. The summed E-state index contributed by atoms with van der Waals surface area (Å²) in [6.45, 7) is 0. The van der Waals surface area contributed by atoms with Crippen LogP contribution < -0.4 is 0 Å². The quantitative estimate of drug-likeness (QED) is 0.575. The zero-order valence-electron chi connectivity index (χ0n) is 11.2. The Morgan fingerprint density at radius 1 is 0.810 bits per heavy atom. The molecule has 0 N–H and O–H groups in total. The fourth-order valence-corrected chi connectivity index (χ4v) is 3.72. The van der Waals surface area contributed by atoms with Gasteiger partial charge in [-0.25, -0.2) is 0 Å². The molecule has 0 bridgehead atoms. The lowest BCUT2D eigenvalue weighted by Crippen LogP contribution is -1.95. The molecule has 0 aliphatic carbocycles. The maximum absolute atomic E-state index is 12.7. The topological polar surface area (TPSA) is 17.1 Å². The van der Waals surface area contributed by atoms with Gasteiger partial charge in [-0.3, -0.25) is 4.79 Å². The summed E-state index contributed by atoms with van der Waals surface area (Å²) in [7, 11) is 0. The van der Waals surface area contributed by atoms with Crippen LogP contribution in [0.15, 0.2) is 76.5 Å². The highest BCUT2D eigenvalue weighted by Crippen LogP contribution is 2.43. The fourth-order valence-electron chi connectivity index (χ4n) is 2.65. The van der Waals surface area contributed by atoms with Crippen molar-refractivity contribution in [3.8, 4) is 0 Å². The Bertz CT molecular complexity index is 878. The number of allylic oxidation sites excluding steroid dienone is 1. The van der Waals surface area contributed by atoms with Crippen molar-refractivity contribution in [2.75, 3.05) is 0 Å². The van der Waals surface area contributed by atoms with E-state index in [4.69, 9.17) is 0 Å². The van der Waals surface area contributed by atoms with Gasteiger partial charge >= 0.3 is 0 Å². The molecule has 2 heteroatoms. The highest BCUT2D eigenvalue weighted by atomic mass is 32.2. The number of rotatable bonds is 1. The maximum atomic E-state index is 12.7. The van der Waals surface area contributed by atoms with Gasteiger partial charge in [-0.1, -0.05) is 72.4 Å². The van der Waals surface area contributed by atoms with Gasteiger partial charge in [0.15, 0.2) is 0 Å². The van der Waals surface area contributed by atoms with E-state index in [2.05, 4.69) is 6.07 Å². The van der Waals surface area contributed by atoms with Gasteiger partial charge < -0.3 is 0 Å². The van der Waals surface area contributed by atoms with Crippen molar-refractivity contribution in [1.29, 1.82) is 0 Å². The minimum Gasteiger partial charge on any atom is -0.288 e. The van der Waals surface area contributed by atoms with Gasteiger partial charge in [-0.2, -0.15) is 0 Å². The van der Waals surface area contributed by atoms with Gasteiger partial charge in [0.1, 0.15) is 0 Å². The van der Waals surface area contributed by atoms with Crippen LogP contribution in [-0.2, 0) is 0 Å². The standard InChI is InChI=1S/C19H12OS/c20-19-17(12-13-6-2-1-3-7-13)21-16-11-10-14-8-4-5-9-15(14)18(16)19/h1-12H/b17-12-. The number of benzene rings is 3. The lowest BCUT2D eigenvalue weighted by Gasteiger charge is -2.01. The number of carbonyl (C=O) groups excluding carboxylic acids is 1. The first-order valence-corrected chi connectivity index (χ1v) is 7.65. The summed E-state index contributed by atoms with van der Waals surface area (Å²) in [6.07, 6.45) is 1.97. The molecule has 0 saturated heterocycles. The van der Waals surface area contributed by atoms with Crippen LogP contribution in [0.25, 0.3) is 16.8 Å². The predicted octanol–water partition coefficient (Wildman–Crippen LogP) is 5.17. The molecule has 1 heterocycles. The van der Waals surface area contributed by atoms with E-state index in [0.29, 0.717) is 0 Å². The average Bonchev–Trinajstić information content (AvgIpc) is 2.85. The van der Waals surface area contributed by atoms with Gasteiger partial charge in [0.2, 0.25) is 5.78 Å². The summed E-state index contributed by atoms with van der Waals surface area (Å²) < 4.78 is 0. The molecule has 0 amide bonds. The summed E-state index contributed by atoms with van der Waals surface area (Å²) >= 11 is 1.57. The molecular weight excluding hydrogens is 276 g/mol. The van der Waals surface area contributed by atoms with E-state index < -0.39 is 0 Å². The third-order valence-electron chi connectivity index (χ3n) is 3.66. The molecule has 0 spiro atoms. The van der Waals surface area contributed by atoms with E-state index in [1.54, 1.807) is 11.8 Å². The van der Waals surface area contributed by atoms with Gasteiger partial charge in [0.05, 0.1) is 4.91 Å². The summed E-state index contributed by atoms with van der Waals surface area (Å²) in [5.41, 5.74) is 1.91. The van der Waals surface area contributed by atoms with Gasteiger partial charge in [-0.05, 0) is 28.5 Å². The summed E-state index contributed by atoms with van der Waals surface area (Å²) in [6, 6.07) is 22.2. The number of hydrogen-bond acceptors (Lipinski definition) is 2. The third kappa shape index (κ3) is 2.08. The van der Waals surface area contributed by atoms with E-state index in [9.17, 15) is 4.79 Å². The van der Waals surface area contributed by atoms with Crippen molar-refractivity contribution in [3.63, 3.8) is 0 Å². The molecule has 1 aliphatic heterocycles. The van der Waals surface area contributed by atoms with Crippen molar-refractivity contribution in [1.82, 2.24) is 0 Å². The fraction of sp³-hybridized carbons (Fsp3) is 0. The van der Waals surface area contributed by atoms with Crippen LogP contribution in [0.4, 0.5) is 0 Å². The molecule has 3 aromatic carbocycles. The Kier molecular flexibility index (Phi) is 2.90. The molecule has 0 saturated carbocycles. The maximum Gasteiger partial charge on any atom is 0.201 e. The van der Waals surface area contributed by atoms with Crippen LogP contribution in [0.1, 0.15) is 15.9 Å². The number of carbonyl (C=O) groups is 1. The first-order valence-electron chi connectivity index (χ1n) is 6.84. The molecule has 0 radical (unpaired) electrons. The van der Waals surface area contributed by atoms with Gasteiger partial charge in [-0.15, -0.1) is 0 Å². The number of ketones is 1. The molecule has 0 aromatic heterocycles. The minimum atomic E-state index is 0.135. The lowest BCUT2D eigenvalue weighted by atomic mass is 10.0. The molecule has 0 atom stereocenters. The largest absolute Gasteiger partial charge is 0.288 e. The molecule has 1 aliphatic rings. The van der Waals surface area contributed by atoms with E-state index in [0.717, 1.165) is 31.7 Å². The normalized spacial score (nSPS) is 15.6. The van der Waals surface area contributed by atoms with Crippen LogP contribution in [0.3, 0.4) is 0 Å². The smallest absolute Gasteiger partial charge is 0.201 e. The Morgan fingerprint density at radius 3 is 2.43 bits per heavy atom. The molecule has 100 valence electrons. The minimum absolute atomic E-state index is 0.135. The summed E-state index contributed by atoms with van der Waals surface area (Å²) in [4.78, 5) is 14.6. The number of hydrogen-bond donors (Lipinski definition) is 0. The molecule has 21 heavy (non-hydrogen) atoms. The second-order valence-electron chi connectivity index (χ2n) is 5.01. The Morgan fingerprint density at radius 2 is 1.57 bits per heavy atom. The first-order chi connectivity index (χ1) is 10.3. The van der Waals surface area contributed by atoms with Gasteiger partial charge in [0.25, 0.3) is 0 Å². The summed E-state index contributed by atoms with van der Waals surface area (Å²) in [5, 5.41) is 2.16.